The number of aliphatic imine (C=N–C) groups is 1. The van der Waals surface area contributed by atoms with Crippen LogP contribution in [0, 0.1) is 29.6 Å². The fraction of sp³-hybridized carbons (Fsp3) is 0.136. The summed E-state index contributed by atoms with van der Waals surface area (Å²) in [6, 6.07) is 15.1. The molecule has 1 aliphatic carbocycles. The van der Waals surface area contributed by atoms with Crippen molar-refractivity contribution in [1.82, 2.24) is 5.32 Å². The van der Waals surface area contributed by atoms with Crippen molar-refractivity contribution in [3.05, 3.63) is 83.0 Å². The molecule has 0 radical (unpaired) electrons. The highest BCUT2D eigenvalue weighted by molar-refractivity contribution is 6.03. The summed E-state index contributed by atoms with van der Waals surface area (Å²) in [4.78, 5) is 4.77. The van der Waals surface area contributed by atoms with Crippen LogP contribution in [0.3, 0.4) is 0 Å². The number of nitriles is 2. The van der Waals surface area contributed by atoms with Crippen molar-refractivity contribution in [2.24, 2.45) is 4.99 Å². The van der Waals surface area contributed by atoms with Gasteiger partial charge in [0, 0.05) is 0 Å². The first-order valence-corrected chi connectivity index (χ1v) is 8.61. The Morgan fingerprint density at radius 1 is 1.04 bits per heavy atom. The Labute approximate surface area is 157 Å². The van der Waals surface area contributed by atoms with E-state index in [0.29, 0.717) is 17.1 Å². The third kappa shape index (κ3) is 3.07. The molecule has 2 aliphatic rings. The SMILES string of the molecule is Cc1ccc(Oc2cccc(C#N)c2C#N)c(C2=N[C@@H]3C=CC=C[C@H]3N2)c1. The normalized spacial score (nSPS) is 19.4. The topological polar surface area (TPSA) is 81.2 Å². The maximum Gasteiger partial charge on any atom is 0.146 e. The van der Waals surface area contributed by atoms with Gasteiger partial charge in [0.1, 0.15) is 35.0 Å². The van der Waals surface area contributed by atoms with Crippen molar-refractivity contribution < 1.29 is 4.74 Å². The van der Waals surface area contributed by atoms with E-state index < -0.39 is 0 Å². The van der Waals surface area contributed by atoms with Gasteiger partial charge in [-0.15, -0.1) is 0 Å². The van der Waals surface area contributed by atoms with E-state index in [0.717, 1.165) is 17.0 Å². The molecule has 0 fully saturated rings. The van der Waals surface area contributed by atoms with E-state index in [4.69, 9.17) is 9.73 Å². The number of nitrogens with one attached hydrogen (secondary N) is 1. The van der Waals surface area contributed by atoms with Gasteiger partial charge < -0.3 is 10.1 Å². The fourth-order valence-electron chi connectivity index (χ4n) is 3.20. The molecule has 0 saturated carbocycles. The molecule has 2 aromatic carbocycles. The summed E-state index contributed by atoms with van der Waals surface area (Å²) in [6.45, 7) is 2.01. The Bertz CT molecular complexity index is 1080. The summed E-state index contributed by atoms with van der Waals surface area (Å²) in [5.74, 6) is 1.71. The number of hydrogen-bond donors (Lipinski definition) is 1. The molecular weight excluding hydrogens is 336 g/mol. The number of aryl methyl sites for hydroxylation is 1. The molecule has 5 heteroatoms. The van der Waals surface area contributed by atoms with Crippen molar-refractivity contribution in [2.75, 3.05) is 0 Å². The number of nitrogens with zero attached hydrogens (tertiary/aromatic N) is 3. The van der Waals surface area contributed by atoms with E-state index in [1.807, 2.05) is 43.3 Å². The van der Waals surface area contributed by atoms with Crippen molar-refractivity contribution in [2.45, 2.75) is 19.0 Å². The first-order chi connectivity index (χ1) is 13.2. The second kappa shape index (κ2) is 6.82. The van der Waals surface area contributed by atoms with E-state index in [-0.39, 0.29) is 17.6 Å². The Balaban J connectivity index is 1.74. The molecule has 4 rings (SSSR count). The second-order valence-corrected chi connectivity index (χ2v) is 6.41. The molecule has 2 aromatic rings. The van der Waals surface area contributed by atoms with Gasteiger partial charge in [-0.1, -0.05) is 42.0 Å². The van der Waals surface area contributed by atoms with Crippen LogP contribution >= 0.6 is 0 Å². The zero-order valence-electron chi connectivity index (χ0n) is 14.7. The Kier molecular flexibility index (Phi) is 4.20. The van der Waals surface area contributed by atoms with Crippen LogP contribution in [0.15, 0.2) is 65.7 Å². The van der Waals surface area contributed by atoms with E-state index in [1.54, 1.807) is 18.2 Å². The van der Waals surface area contributed by atoms with Crippen LogP contribution in [-0.4, -0.2) is 17.9 Å². The predicted molar refractivity (Wildman–Crippen MR) is 103 cm³/mol. The summed E-state index contributed by atoms with van der Waals surface area (Å²) < 4.78 is 6.06. The predicted octanol–water partition coefficient (Wildman–Crippen LogP) is 3.74. The van der Waals surface area contributed by atoms with E-state index in [2.05, 4.69) is 23.5 Å². The van der Waals surface area contributed by atoms with Crippen molar-refractivity contribution in [3.63, 3.8) is 0 Å². The highest BCUT2D eigenvalue weighted by Gasteiger charge is 2.28. The van der Waals surface area contributed by atoms with Crippen LogP contribution in [0.25, 0.3) is 0 Å². The molecule has 5 nitrogen and oxygen atoms in total. The Hall–Kier alpha value is -3.83. The number of fused-ring (bicyclic) bond motifs is 1. The number of rotatable bonds is 3. The van der Waals surface area contributed by atoms with Gasteiger partial charge in [-0.25, -0.2) is 0 Å². The lowest BCUT2D eigenvalue weighted by atomic mass is 10.1. The zero-order valence-corrected chi connectivity index (χ0v) is 14.7. The van der Waals surface area contributed by atoms with Crippen molar-refractivity contribution in [3.8, 4) is 23.6 Å². The number of hydrogen-bond acceptors (Lipinski definition) is 5. The first-order valence-electron chi connectivity index (χ1n) is 8.61. The molecular formula is C22H16N4O. The quantitative estimate of drug-likeness (QED) is 0.912. The monoisotopic (exact) mass is 352 g/mol. The highest BCUT2D eigenvalue weighted by Crippen LogP contribution is 2.31. The van der Waals surface area contributed by atoms with Gasteiger partial charge in [-0.2, -0.15) is 10.5 Å². The first kappa shape index (κ1) is 16.6. The van der Waals surface area contributed by atoms with Crippen LogP contribution in [0.4, 0.5) is 0 Å². The van der Waals surface area contributed by atoms with Gasteiger partial charge in [-0.05, 0) is 31.2 Å². The molecule has 0 bridgehead atoms. The molecule has 1 heterocycles. The van der Waals surface area contributed by atoms with Gasteiger partial charge in [-0.3, -0.25) is 4.99 Å². The molecule has 0 unspecified atom stereocenters. The summed E-state index contributed by atoms with van der Waals surface area (Å²) in [5.41, 5.74) is 2.43. The largest absolute Gasteiger partial charge is 0.455 e. The van der Waals surface area contributed by atoms with Crippen LogP contribution in [-0.2, 0) is 0 Å². The molecule has 2 atom stereocenters. The van der Waals surface area contributed by atoms with Crippen LogP contribution in [0.5, 0.6) is 11.5 Å². The highest BCUT2D eigenvalue weighted by atomic mass is 16.5. The van der Waals surface area contributed by atoms with Gasteiger partial charge in [0.25, 0.3) is 0 Å². The van der Waals surface area contributed by atoms with E-state index in [1.165, 1.54) is 0 Å². The third-order valence-electron chi connectivity index (χ3n) is 4.56. The smallest absolute Gasteiger partial charge is 0.146 e. The minimum Gasteiger partial charge on any atom is -0.455 e. The van der Waals surface area contributed by atoms with Crippen molar-refractivity contribution >= 4 is 5.84 Å². The molecule has 0 amide bonds. The molecule has 27 heavy (non-hydrogen) atoms. The Morgan fingerprint density at radius 3 is 2.67 bits per heavy atom. The van der Waals surface area contributed by atoms with Crippen molar-refractivity contribution in [1.29, 1.82) is 10.5 Å². The summed E-state index contributed by atoms with van der Waals surface area (Å²) in [7, 11) is 0. The lowest BCUT2D eigenvalue weighted by Gasteiger charge is -2.16. The molecule has 0 saturated heterocycles. The molecule has 130 valence electrons. The lowest BCUT2D eigenvalue weighted by molar-refractivity contribution is 0.479. The minimum atomic E-state index is 0.0648. The molecule has 1 aliphatic heterocycles. The average molecular weight is 352 g/mol. The number of amidine groups is 1. The van der Waals surface area contributed by atoms with Crippen LogP contribution < -0.4 is 10.1 Å². The van der Waals surface area contributed by atoms with E-state index in [9.17, 15) is 10.5 Å². The average Bonchev–Trinajstić information content (AvgIpc) is 3.13. The third-order valence-corrected chi connectivity index (χ3v) is 4.56. The maximum absolute atomic E-state index is 9.44. The number of ether oxygens (including phenoxy) is 1. The fourth-order valence-corrected chi connectivity index (χ4v) is 3.20. The van der Waals surface area contributed by atoms with Gasteiger partial charge in [0.15, 0.2) is 0 Å². The molecule has 0 aromatic heterocycles. The maximum atomic E-state index is 9.44. The zero-order chi connectivity index (χ0) is 18.8. The molecule has 0 spiro atoms. The minimum absolute atomic E-state index is 0.0648. The van der Waals surface area contributed by atoms with Crippen LogP contribution in [0.2, 0.25) is 0 Å². The summed E-state index contributed by atoms with van der Waals surface area (Å²) >= 11 is 0. The lowest BCUT2D eigenvalue weighted by Crippen LogP contribution is -2.33. The molecule has 1 N–H and O–H groups in total. The van der Waals surface area contributed by atoms with Crippen LogP contribution in [0.1, 0.15) is 22.3 Å². The Morgan fingerprint density at radius 2 is 1.89 bits per heavy atom. The summed E-state index contributed by atoms with van der Waals surface area (Å²) in [5, 5.41) is 22.1. The summed E-state index contributed by atoms with van der Waals surface area (Å²) in [6.07, 6.45) is 8.15. The van der Waals surface area contributed by atoms with Gasteiger partial charge in [0.2, 0.25) is 0 Å². The number of benzene rings is 2. The van der Waals surface area contributed by atoms with Gasteiger partial charge >= 0.3 is 0 Å². The van der Waals surface area contributed by atoms with Gasteiger partial charge in [0.05, 0.1) is 23.2 Å². The van der Waals surface area contributed by atoms with E-state index >= 15 is 0 Å². The number of allylic oxidation sites excluding steroid dienone is 2. The second-order valence-electron chi connectivity index (χ2n) is 6.41. The standard InChI is InChI=1S/C22H16N4O/c1-14-9-10-21(27-20-8-4-5-15(12-23)17(20)13-24)16(11-14)22-25-18-6-2-3-7-19(18)26-22/h2-11,18-19H,1H3,(H,25,26)/t18-,19-/m1/s1.